The molecule has 0 aliphatic heterocycles. The summed E-state index contributed by atoms with van der Waals surface area (Å²) in [4.78, 5) is 11.1. The van der Waals surface area contributed by atoms with Gasteiger partial charge in [0.15, 0.2) is 5.78 Å². The van der Waals surface area contributed by atoms with Gasteiger partial charge in [0.25, 0.3) is 0 Å². The van der Waals surface area contributed by atoms with Crippen LogP contribution in [-0.2, 0) is 4.79 Å². The molecule has 1 nitrogen and oxygen atoms in total. The van der Waals surface area contributed by atoms with E-state index in [2.05, 4.69) is 27.0 Å². The molecule has 0 spiro atoms. The van der Waals surface area contributed by atoms with Gasteiger partial charge in [0.1, 0.15) is 0 Å². The summed E-state index contributed by atoms with van der Waals surface area (Å²) in [5.74, 6) is 0.449. The molecule has 0 rings (SSSR count). The molecule has 0 heterocycles. The van der Waals surface area contributed by atoms with Crippen molar-refractivity contribution < 1.29 is 4.79 Å². The Bertz CT molecular complexity index is 327. The maximum atomic E-state index is 11.1. The smallest absolute Gasteiger partial charge is 0.159 e. The Labute approximate surface area is 92.9 Å². The summed E-state index contributed by atoms with van der Waals surface area (Å²) < 4.78 is 0. The monoisotopic (exact) mass is 204 g/mol. The normalized spacial score (nSPS) is 12.2. The molecular formula is C14H20O. The number of rotatable bonds is 5. The van der Waals surface area contributed by atoms with E-state index in [1.54, 1.807) is 19.1 Å². The van der Waals surface area contributed by atoms with Gasteiger partial charge in [-0.05, 0) is 30.9 Å². The fraction of sp³-hybridized carbons (Fsp3) is 0.357. The van der Waals surface area contributed by atoms with Crippen LogP contribution >= 0.6 is 0 Å². The Morgan fingerprint density at radius 1 is 1.20 bits per heavy atom. The molecule has 0 aromatic carbocycles. The number of hydrogen-bond acceptors (Lipinski definition) is 1. The number of ketones is 1. The third-order valence-corrected chi connectivity index (χ3v) is 2.29. The van der Waals surface area contributed by atoms with E-state index in [9.17, 15) is 4.79 Å². The zero-order chi connectivity index (χ0) is 12.0. The second-order valence-corrected chi connectivity index (χ2v) is 3.84. The molecule has 0 N–H and O–H groups in total. The van der Waals surface area contributed by atoms with Gasteiger partial charge >= 0.3 is 0 Å². The topological polar surface area (TPSA) is 17.1 Å². The van der Waals surface area contributed by atoms with Crippen molar-refractivity contribution in [2.75, 3.05) is 0 Å². The summed E-state index contributed by atoms with van der Waals surface area (Å²) in [5.41, 5.74) is 2.59. The molecule has 15 heavy (non-hydrogen) atoms. The Kier molecular flexibility index (Phi) is 5.61. The van der Waals surface area contributed by atoms with Gasteiger partial charge in [-0.15, -0.1) is 0 Å². The Morgan fingerprint density at radius 3 is 2.07 bits per heavy atom. The highest BCUT2D eigenvalue weighted by atomic mass is 16.1. The highest BCUT2D eigenvalue weighted by Crippen LogP contribution is 2.17. The molecule has 0 saturated heterocycles. The van der Waals surface area contributed by atoms with E-state index in [-0.39, 0.29) is 5.78 Å². The maximum Gasteiger partial charge on any atom is 0.159 e. The van der Waals surface area contributed by atoms with E-state index < -0.39 is 0 Å². The lowest BCUT2D eigenvalue weighted by atomic mass is 9.97. The van der Waals surface area contributed by atoms with Crippen LogP contribution in [0.15, 0.2) is 48.1 Å². The van der Waals surface area contributed by atoms with Crippen LogP contribution in [0.5, 0.6) is 0 Å². The third kappa shape index (κ3) is 4.59. The molecule has 0 aromatic heterocycles. The fourth-order valence-electron chi connectivity index (χ4n) is 1.09. The molecule has 0 unspecified atom stereocenters. The van der Waals surface area contributed by atoms with Crippen molar-refractivity contribution in [2.45, 2.75) is 27.7 Å². The molecule has 0 atom stereocenters. The van der Waals surface area contributed by atoms with Gasteiger partial charge < -0.3 is 0 Å². The Balaban J connectivity index is 4.61. The van der Waals surface area contributed by atoms with Crippen molar-refractivity contribution in [3.8, 4) is 0 Å². The van der Waals surface area contributed by atoms with Gasteiger partial charge in [-0.3, -0.25) is 4.79 Å². The summed E-state index contributed by atoms with van der Waals surface area (Å²) in [6.45, 7) is 15.4. The molecule has 0 bridgehead atoms. The highest BCUT2D eigenvalue weighted by molar-refractivity contribution is 5.96. The van der Waals surface area contributed by atoms with Gasteiger partial charge in [-0.2, -0.15) is 0 Å². The predicted molar refractivity (Wildman–Crippen MR) is 66.7 cm³/mol. The van der Waals surface area contributed by atoms with E-state index in [1.807, 2.05) is 13.0 Å². The molecule has 82 valence electrons. The first-order valence-corrected chi connectivity index (χ1v) is 5.13. The van der Waals surface area contributed by atoms with E-state index in [0.717, 1.165) is 11.1 Å². The van der Waals surface area contributed by atoms with Crippen LogP contribution in [-0.4, -0.2) is 5.78 Å². The van der Waals surface area contributed by atoms with Crippen LogP contribution in [0.2, 0.25) is 0 Å². The summed E-state index contributed by atoms with van der Waals surface area (Å²) in [5, 5.41) is 0. The molecule has 0 aromatic rings. The molecular weight excluding hydrogens is 184 g/mol. The average Bonchev–Trinajstić information content (AvgIpc) is 2.16. The van der Waals surface area contributed by atoms with Gasteiger partial charge in [0.05, 0.1) is 0 Å². The zero-order valence-electron chi connectivity index (χ0n) is 10.1. The van der Waals surface area contributed by atoms with Crippen molar-refractivity contribution in [3.05, 3.63) is 48.1 Å². The molecule has 0 radical (unpaired) electrons. The first kappa shape index (κ1) is 13.6. The minimum absolute atomic E-state index is 0.0664. The van der Waals surface area contributed by atoms with Crippen LogP contribution in [0.25, 0.3) is 0 Å². The second kappa shape index (κ2) is 6.18. The lowest BCUT2D eigenvalue weighted by Crippen LogP contribution is -1.95. The Morgan fingerprint density at radius 2 is 1.73 bits per heavy atom. The largest absolute Gasteiger partial charge is 0.295 e. The van der Waals surface area contributed by atoms with Gasteiger partial charge in [-0.25, -0.2) is 0 Å². The quantitative estimate of drug-likeness (QED) is 0.491. The minimum Gasteiger partial charge on any atom is -0.295 e. The number of carbonyl (C=O) groups excluding carboxylic acids is 1. The summed E-state index contributed by atoms with van der Waals surface area (Å²) in [7, 11) is 0. The number of Topliss-reactive ketones (excluding diaryl/α,β-unsaturated/α-hetero) is 1. The van der Waals surface area contributed by atoms with Crippen molar-refractivity contribution in [1.82, 2.24) is 0 Å². The minimum atomic E-state index is 0.0664. The lowest BCUT2D eigenvalue weighted by Gasteiger charge is -2.08. The van der Waals surface area contributed by atoms with Crippen molar-refractivity contribution >= 4 is 5.78 Å². The lowest BCUT2D eigenvalue weighted by molar-refractivity contribution is -0.113. The highest BCUT2D eigenvalue weighted by Gasteiger charge is 2.02. The van der Waals surface area contributed by atoms with Crippen molar-refractivity contribution in [3.63, 3.8) is 0 Å². The van der Waals surface area contributed by atoms with Gasteiger partial charge in [0.2, 0.25) is 0 Å². The molecule has 1 heteroatoms. The molecule has 0 aliphatic carbocycles. The molecule has 0 saturated carbocycles. The van der Waals surface area contributed by atoms with Gasteiger partial charge in [0, 0.05) is 5.57 Å². The standard InChI is InChI=1S/C14H20O/c1-7-14(13(6)15)9-8-11(4)12(5)10(2)3/h7-10H,4-5H2,1-3,6H3/b9-8-,14-7+. The molecule has 0 amide bonds. The van der Waals surface area contributed by atoms with Crippen LogP contribution in [0.3, 0.4) is 0 Å². The summed E-state index contributed by atoms with van der Waals surface area (Å²) in [6.07, 6.45) is 5.43. The van der Waals surface area contributed by atoms with Gasteiger partial charge in [-0.1, -0.05) is 45.2 Å². The fourth-order valence-corrected chi connectivity index (χ4v) is 1.09. The molecule has 0 aliphatic rings. The maximum absolute atomic E-state index is 11.1. The van der Waals surface area contributed by atoms with Crippen LogP contribution in [0, 0.1) is 5.92 Å². The van der Waals surface area contributed by atoms with E-state index in [0.29, 0.717) is 11.5 Å². The van der Waals surface area contributed by atoms with Crippen molar-refractivity contribution in [1.29, 1.82) is 0 Å². The van der Waals surface area contributed by atoms with Crippen molar-refractivity contribution in [2.24, 2.45) is 5.92 Å². The summed E-state index contributed by atoms with van der Waals surface area (Å²) >= 11 is 0. The SMILES string of the molecule is C=C(/C=C\C(=C/C)C(C)=O)C(=C)C(C)C. The van der Waals surface area contributed by atoms with Crippen LogP contribution in [0.4, 0.5) is 0 Å². The molecule has 0 fully saturated rings. The predicted octanol–water partition coefficient (Wildman–Crippen LogP) is 3.85. The Hall–Kier alpha value is -1.37. The third-order valence-electron chi connectivity index (χ3n) is 2.29. The number of carbonyl (C=O) groups is 1. The van der Waals surface area contributed by atoms with E-state index in [1.165, 1.54) is 0 Å². The number of allylic oxidation sites excluding steroid dienone is 6. The summed E-state index contributed by atoms with van der Waals surface area (Å²) in [6, 6.07) is 0. The van der Waals surface area contributed by atoms with E-state index in [4.69, 9.17) is 0 Å². The first-order valence-electron chi connectivity index (χ1n) is 5.13. The van der Waals surface area contributed by atoms with E-state index >= 15 is 0 Å². The van der Waals surface area contributed by atoms with Crippen LogP contribution < -0.4 is 0 Å². The number of hydrogen-bond donors (Lipinski definition) is 0. The average molecular weight is 204 g/mol. The first-order chi connectivity index (χ1) is 6.90. The second-order valence-electron chi connectivity index (χ2n) is 3.84. The zero-order valence-corrected chi connectivity index (χ0v) is 10.1. The van der Waals surface area contributed by atoms with Crippen LogP contribution in [0.1, 0.15) is 27.7 Å².